The van der Waals surface area contributed by atoms with Crippen molar-refractivity contribution in [2.24, 2.45) is 0 Å². The SMILES string of the molecule is CC.CCCCCc1ccc(-c2ccc(-c3nc4ccncc4c(C(=O)NO)c3OC)cc2)cc1. The average Bonchev–Trinajstić information content (AvgIpc) is 2.93. The Morgan fingerprint density at radius 3 is 2.17 bits per heavy atom. The molecule has 2 N–H and O–H groups in total. The second-order valence-corrected chi connectivity index (χ2v) is 7.93. The van der Waals surface area contributed by atoms with Crippen LogP contribution < -0.4 is 10.2 Å². The van der Waals surface area contributed by atoms with Gasteiger partial charge in [0.2, 0.25) is 0 Å². The molecule has 0 saturated heterocycles. The highest BCUT2D eigenvalue weighted by Crippen LogP contribution is 2.36. The third-order valence-corrected chi connectivity index (χ3v) is 5.79. The molecule has 2 aromatic carbocycles. The number of hydroxylamine groups is 1. The van der Waals surface area contributed by atoms with Crippen molar-refractivity contribution in [1.29, 1.82) is 0 Å². The van der Waals surface area contributed by atoms with Gasteiger partial charge in [-0.25, -0.2) is 10.5 Å². The lowest BCUT2D eigenvalue weighted by Gasteiger charge is -2.15. The Bertz CT molecular complexity index is 1250. The van der Waals surface area contributed by atoms with Gasteiger partial charge in [-0.1, -0.05) is 82.1 Å². The Morgan fingerprint density at radius 1 is 0.943 bits per heavy atom. The number of amides is 1. The van der Waals surface area contributed by atoms with Gasteiger partial charge in [-0.15, -0.1) is 0 Å². The van der Waals surface area contributed by atoms with Gasteiger partial charge in [-0.05, 0) is 35.6 Å². The van der Waals surface area contributed by atoms with E-state index in [1.807, 2.05) is 38.1 Å². The van der Waals surface area contributed by atoms with E-state index in [2.05, 4.69) is 36.2 Å². The van der Waals surface area contributed by atoms with Crippen LogP contribution in [0.4, 0.5) is 0 Å². The Balaban J connectivity index is 0.00000167. The molecule has 0 aliphatic rings. The lowest BCUT2D eigenvalue weighted by molar-refractivity contribution is 0.0705. The van der Waals surface area contributed by atoms with Crippen LogP contribution >= 0.6 is 0 Å². The maximum Gasteiger partial charge on any atom is 0.279 e. The van der Waals surface area contributed by atoms with E-state index in [1.54, 1.807) is 17.7 Å². The zero-order valence-corrected chi connectivity index (χ0v) is 20.8. The first-order valence-corrected chi connectivity index (χ1v) is 12.1. The summed E-state index contributed by atoms with van der Waals surface area (Å²) in [6.07, 6.45) is 7.96. The standard InChI is InChI=1S/C27H27N3O3.C2H6/c1-3-4-5-6-18-7-9-19(10-8-18)20-11-13-21(14-12-20)25-26(33-2)24(27(31)30-32)22-17-28-16-15-23(22)29-25;1-2/h7-17,32H,3-6H2,1-2H3,(H,30,31);1-2H3. The number of aromatic nitrogens is 2. The number of hydrogen-bond acceptors (Lipinski definition) is 5. The van der Waals surface area contributed by atoms with E-state index in [0.29, 0.717) is 16.6 Å². The molecule has 2 heterocycles. The van der Waals surface area contributed by atoms with Crippen LogP contribution in [0, 0.1) is 0 Å². The van der Waals surface area contributed by atoms with Crippen LogP contribution in [0.15, 0.2) is 67.0 Å². The fraction of sp³-hybridized carbons (Fsp3) is 0.276. The summed E-state index contributed by atoms with van der Waals surface area (Å²) in [4.78, 5) is 21.2. The van der Waals surface area contributed by atoms with Crippen molar-refractivity contribution in [2.75, 3.05) is 7.11 Å². The number of unbranched alkanes of at least 4 members (excludes halogenated alkanes) is 2. The van der Waals surface area contributed by atoms with E-state index in [4.69, 9.17) is 9.72 Å². The first-order valence-electron chi connectivity index (χ1n) is 12.1. The molecule has 0 aliphatic carbocycles. The lowest BCUT2D eigenvalue weighted by atomic mass is 9.98. The minimum Gasteiger partial charge on any atom is -0.494 e. The quantitative estimate of drug-likeness (QED) is 0.167. The second kappa shape index (κ2) is 12.6. The third-order valence-electron chi connectivity index (χ3n) is 5.79. The fourth-order valence-electron chi connectivity index (χ4n) is 4.03. The summed E-state index contributed by atoms with van der Waals surface area (Å²) in [5.74, 6) is -0.393. The van der Waals surface area contributed by atoms with Crippen molar-refractivity contribution in [1.82, 2.24) is 15.4 Å². The minimum atomic E-state index is -0.677. The minimum absolute atomic E-state index is 0.191. The third kappa shape index (κ3) is 5.84. The van der Waals surface area contributed by atoms with Crippen molar-refractivity contribution in [3.05, 3.63) is 78.1 Å². The smallest absolute Gasteiger partial charge is 0.279 e. The molecule has 4 rings (SSSR count). The topological polar surface area (TPSA) is 84.3 Å². The highest BCUT2D eigenvalue weighted by atomic mass is 16.5. The van der Waals surface area contributed by atoms with E-state index < -0.39 is 5.91 Å². The van der Waals surface area contributed by atoms with E-state index in [0.717, 1.165) is 23.1 Å². The largest absolute Gasteiger partial charge is 0.494 e. The Labute approximate surface area is 207 Å². The number of rotatable bonds is 8. The van der Waals surface area contributed by atoms with Crippen LogP contribution in [-0.2, 0) is 6.42 Å². The monoisotopic (exact) mass is 471 g/mol. The molecule has 0 atom stereocenters. The highest BCUT2D eigenvalue weighted by molar-refractivity contribution is 6.09. The van der Waals surface area contributed by atoms with Crippen LogP contribution in [0.3, 0.4) is 0 Å². The molecule has 1 amide bonds. The number of hydrogen-bond donors (Lipinski definition) is 2. The number of nitrogens with zero attached hydrogens (tertiary/aromatic N) is 2. The van der Waals surface area contributed by atoms with Gasteiger partial charge in [0, 0.05) is 23.3 Å². The molecular formula is C29H33N3O3. The van der Waals surface area contributed by atoms with Crippen LogP contribution in [0.25, 0.3) is 33.3 Å². The zero-order chi connectivity index (χ0) is 25.2. The number of carbonyl (C=O) groups is 1. The highest BCUT2D eigenvalue weighted by Gasteiger charge is 2.22. The number of nitrogens with one attached hydrogen (secondary N) is 1. The number of pyridine rings is 2. The average molecular weight is 472 g/mol. The van der Waals surface area contributed by atoms with Gasteiger partial charge in [-0.2, -0.15) is 0 Å². The fourth-order valence-corrected chi connectivity index (χ4v) is 4.03. The molecule has 0 unspecified atom stereocenters. The molecule has 4 aromatic rings. The lowest BCUT2D eigenvalue weighted by Crippen LogP contribution is -2.20. The number of fused-ring (bicyclic) bond motifs is 1. The van der Waals surface area contributed by atoms with Crippen molar-refractivity contribution in [2.45, 2.75) is 46.5 Å². The van der Waals surface area contributed by atoms with Gasteiger partial charge in [0.15, 0.2) is 5.75 Å². The molecule has 6 nitrogen and oxygen atoms in total. The number of aryl methyl sites for hydroxylation is 1. The molecular weight excluding hydrogens is 438 g/mol. The molecule has 2 aromatic heterocycles. The summed E-state index contributed by atoms with van der Waals surface area (Å²) < 4.78 is 5.57. The Kier molecular flexibility index (Phi) is 9.32. The molecule has 182 valence electrons. The van der Waals surface area contributed by atoms with Crippen molar-refractivity contribution < 1.29 is 14.7 Å². The number of methoxy groups -OCH3 is 1. The van der Waals surface area contributed by atoms with E-state index in [9.17, 15) is 10.0 Å². The maximum absolute atomic E-state index is 12.4. The molecule has 0 saturated carbocycles. The Hall–Kier alpha value is -3.77. The van der Waals surface area contributed by atoms with Crippen LogP contribution in [0.5, 0.6) is 5.75 Å². The first kappa shape index (κ1) is 25.8. The molecule has 6 heteroatoms. The van der Waals surface area contributed by atoms with Crippen molar-refractivity contribution in [3.63, 3.8) is 0 Å². The predicted molar refractivity (Wildman–Crippen MR) is 141 cm³/mol. The summed E-state index contributed by atoms with van der Waals surface area (Å²) in [5, 5.41) is 9.78. The van der Waals surface area contributed by atoms with Gasteiger partial charge in [0.25, 0.3) is 5.91 Å². The number of benzene rings is 2. The van der Waals surface area contributed by atoms with Crippen molar-refractivity contribution in [3.8, 4) is 28.1 Å². The molecule has 0 fully saturated rings. The normalized spacial score (nSPS) is 10.4. The van der Waals surface area contributed by atoms with Gasteiger partial charge in [-0.3, -0.25) is 15.0 Å². The molecule has 0 aliphatic heterocycles. The van der Waals surface area contributed by atoms with E-state index >= 15 is 0 Å². The van der Waals surface area contributed by atoms with Gasteiger partial charge < -0.3 is 4.74 Å². The summed E-state index contributed by atoms with van der Waals surface area (Å²) in [5.41, 5.74) is 7.40. The van der Waals surface area contributed by atoms with Crippen LogP contribution in [0.2, 0.25) is 0 Å². The van der Waals surface area contributed by atoms with Crippen LogP contribution in [-0.4, -0.2) is 28.2 Å². The van der Waals surface area contributed by atoms with Crippen LogP contribution in [0.1, 0.15) is 56.0 Å². The first-order chi connectivity index (χ1) is 17.2. The van der Waals surface area contributed by atoms with E-state index in [-0.39, 0.29) is 11.3 Å². The molecule has 0 radical (unpaired) electrons. The predicted octanol–water partition coefficient (Wildman–Crippen LogP) is 6.85. The van der Waals surface area contributed by atoms with Gasteiger partial charge >= 0.3 is 0 Å². The molecule has 0 bridgehead atoms. The van der Waals surface area contributed by atoms with Gasteiger partial charge in [0.1, 0.15) is 5.69 Å². The Morgan fingerprint density at radius 2 is 1.57 bits per heavy atom. The second-order valence-electron chi connectivity index (χ2n) is 7.93. The summed E-state index contributed by atoms with van der Waals surface area (Å²) in [6, 6.07) is 18.4. The summed E-state index contributed by atoms with van der Waals surface area (Å²) in [7, 11) is 1.48. The summed E-state index contributed by atoms with van der Waals surface area (Å²) >= 11 is 0. The maximum atomic E-state index is 12.4. The zero-order valence-electron chi connectivity index (χ0n) is 20.8. The van der Waals surface area contributed by atoms with Crippen molar-refractivity contribution >= 4 is 16.8 Å². The summed E-state index contributed by atoms with van der Waals surface area (Å²) in [6.45, 7) is 6.22. The molecule has 0 spiro atoms. The number of carbonyl (C=O) groups excluding carboxylic acids is 1. The van der Waals surface area contributed by atoms with Gasteiger partial charge in [0.05, 0.1) is 18.2 Å². The number of ether oxygens (including phenoxy) is 1. The van der Waals surface area contributed by atoms with E-state index in [1.165, 1.54) is 38.1 Å². The molecule has 35 heavy (non-hydrogen) atoms.